The average Bonchev–Trinajstić information content (AvgIpc) is 3.82. The zero-order valence-electron chi connectivity index (χ0n) is 26.1. The lowest BCUT2D eigenvalue weighted by atomic mass is 10.0. The van der Waals surface area contributed by atoms with Crippen LogP contribution in [0.3, 0.4) is 0 Å². The van der Waals surface area contributed by atoms with Crippen LogP contribution < -0.4 is 0 Å². The minimum atomic E-state index is 0.616. The van der Waals surface area contributed by atoms with Crippen LogP contribution in [0.5, 0.6) is 0 Å². The van der Waals surface area contributed by atoms with E-state index in [4.69, 9.17) is 4.42 Å². The molecule has 0 saturated heterocycles. The van der Waals surface area contributed by atoms with Gasteiger partial charge in [-0.1, -0.05) is 60.7 Å². The number of hydrogen-bond donors (Lipinski definition) is 0. The average molecular weight is 625 g/mol. The zero-order valence-corrected chi connectivity index (χ0v) is 26.1. The fourth-order valence-electron chi connectivity index (χ4n) is 7.60. The molecule has 0 aliphatic heterocycles. The zero-order chi connectivity index (χ0) is 32.6. The SMILES string of the molecule is N#Cc1ccc2oc3c(ccc4c3c3ccccc3n4-c3cccc(-c4cccc(-n5c6ccccc6c6cc(C#N)ccc65)c4)c3)c2c1. The molecule has 226 valence electrons. The molecule has 0 saturated carbocycles. The highest BCUT2D eigenvalue weighted by Crippen LogP contribution is 2.41. The summed E-state index contributed by atoms with van der Waals surface area (Å²) in [6.45, 7) is 0. The van der Waals surface area contributed by atoms with Gasteiger partial charge in [-0.05, 0) is 96.1 Å². The summed E-state index contributed by atoms with van der Waals surface area (Å²) in [5.74, 6) is 0. The lowest BCUT2D eigenvalue weighted by Gasteiger charge is -2.12. The number of hydrogen-bond acceptors (Lipinski definition) is 3. The van der Waals surface area contributed by atoms with Crippen LogP contribution in [0.1, 0.15) is 11.1 Å². The number of aromatic nitrogens is 2. The predicted octanol–water partition coefficient (Wildman–Crippen LogP) is 11.2. The number of para-hydroxylation sites is 2. The minimum absolute atomic E-state index is 0.616. The van der Waals surface area contributed by atoms with E-state index in [1.165, 1.54) is 0 Å². The molecule has 10 rings (SSSR count). The molecule has 0 spiro atoms. The highest BCUT2D eigenvalue weighted by atomic mass is 16.3. The first-order valence-corrected chi connectivity index (χ1v) is 16.1. The Morgan fingerprint density at radius 3 is 1.71 bits per heavy atom. The normalized spacial score (nSPS) is 11.6. The number of nitriles is 2. The Bertz CT molecular complexity index is 3090. The summed E-state index contributed by atoms with van der Waals surface area (Å²) in [7, 11) is 0. The molecule has 10 aromatic rings. The van der Waals surface area contributed by atoms with E-state index in [2.05, 4.69) is 124 Å². The molecule has 0 amide bonds. The Labute approximate surface area is 280 Å². The van der Waals surface area contributed by atoms with Gasteiger partial charge in [0, 0.05) is 38.3 Å². The number of benzene rings is 7. The van der Waals surface area contributed by atoms with Gasteiger partial charge in [0.25, 0.3) is 0 Å². The summed E-state index contributed by atoms with van der Waals surface area (Å²) in [5, 5.41) is 25.4. The molecule has 0 atom stereocenters. The van der Waals surface area contributed by atoms with Crippen LogP contribution >= 0.6 is 0 Å². The van der Waals surface area contributed by atoms with Crippen molar-refractivity contribution < 1.29 is 4.42 Å². The fraction of sp³-hybridized carbons (Fsp3) is 0. The van der Waals surface area contributed by atoms with Gasteiger partial charge in [-0.3, -0.25) is 0 Å². The highest BCUT2D eigenvalue weighted by Gasteiger charge is 2.19. The van der Waals surface area contributed by atoms with E-state index in [-0.39, 0.29) is 0 Å². The van der Waals surface area contributed by atoms with Gasteiger partial charge < -0.3 is 13.6 Å². The largest absolute Gasteiger partial charge is 0.455 e. The summed E-state index contributed by atoms with van der Waals surface area (Å²) >= 11 is 0. The van der Waals surface area contributed by atoms with E-state index in [0.717, 1.165) is 88.1 Å². The van der Waals surface area contributed by atoms with E-state index < -0.39 is 0 Å². The molecule has 0 radical (unpaired) electrons. The minimum Gasteiger partial charge on any atom is -0.455 e. The first-order valence-electron chi connectivity index (χ1n) is 16.1. The predicted molar refractivity (Wildman–Crippen MR) is 197 cm³/mol. The molecule has 0 N–H and O–H groups in total. The molecular formula is C44H24N4O. The van der Waals surface area contributed by atoms with E-state index in [9.17, 15) is 10.5 Å². The van der Waals surface area contributed by atoms with E-state index >= 15 is 0 Å². The number of nitrogens with zero attached hydrogens (tertiary/aromatic N) is 4. The van der Waals surface area contributed by atoms with Gasteiger partial charge in [-0.15, -0.1) is 0 Å². The van der Waals surface area contributed by atoms with Crippen molar-refractivity contribution in [1.82, 2.24) is 9.13 Å². The van der Waals surface area contributed by atoms with Gasteiger partial charge in [-0.2, -0.15) is 10.5 Å². The molecule has 7 aromatic carbocycles. The van der Waals surface area contributed by atoms with Crippen LogP contribution in [0.25, 0.3) is 88.1 Å². The van der Waals surface area contributed by atoms with Crippen molar-refractivity contribution in [2.24, 2.45) is 0 Å². The Kier molecular flexibility index (Phi) is 5.64. The van der Waals surface area contributed by atoms with Crippen molar-refractivity contribution in [3.63, 3.8) is 0 Å². The van der Waals surface area contributed by atoms with Crippen LogP contribution in [0.15, 0.2) is 150 Å². The van der Waals surface area contributed by atoms with Crippen molar-refractivity contribution in [3.8, 4) is 34.6 Å². The van der Waals surface area contributed by atoms with Gasteiger partial charge in [-0.25, -0.2) is 0 Å². The number of rotatable bonds is 3. The lowest BCUT2D eigenvalue weighted by Crippen LogP contribution is -1.96. The Balaban J connectivity index is 1.16. The lowest BCUT2D eigenvalue weighted by molar-refractivity contribution is 0.673. The van der Waals surface area contributed by atoms with Gasteiger partial charge in [0.15, 0.2) is 0 Å². The summed E-state index contributed by atoms with van der Waals surface area (Å²) in [5.41, 5.74) is 11.5. The van der Waals surface area contributed by atoms with Crippen LogP contribution in [-0.4, -0.2) is 9.13 Å². The van der Waals surface area contributed by atoms with Crippen LogP contribution in [0.2, 0.25) is 0 Å². The fourth-order valence-corrected chi connectivity index (χ4v) is 7.60. The highest BCUT2D eigenvalue weighted by molar-refractivity contribution is 6.24. The third-order valence-electron chi connectivity index (χ3n) is 9.75. The van der Waals surface area contributed by atoms with Gasteiger partial charge >= 0.3 is 0 Å². The molecule has 5 nitrogen and oxygen atoms in total. The van der Waals surface area contributed by atoms with E-state index in [1.807, 2.05) is 36.4 Å². The maximum atomic E-state index is 9.58. The van der Waals surface area contributed by atoms with Gasteiger partial charge in [0.2, 0.25) is 0 Å². The van der Waals surface area contributed by atoms with E-state index in [0.29, 0.717) is 11.1 Å². The molecule has 0 aliphatic rings. The van der Waals surface area contributed by atoms with Gasteiger partial charge in [0.05, 0.1) is 50.7 Å². The summed E-state index contributed by atoms with van der Waals surface area (Å²) in [6, 6.07) is 54.5. The van der Waals surface area contributed by atoms with Crippen molar-refractivity contribution in [3.05, 3.63) is 157 Å². The van der Waals surface area contributed by atoms with Crippen molar-refractivity contribution in [1.29, 1.82) is 10.5 Å². The number of furan rings is 1. The smallest absolute Gasteiger partial charge is 0.145 e. The molecule has 0 bridgehead atoms. The first kappa shape index (κ1) is 27.1. The second kappa shape index (κ2) is 10.2. The van der Waals surface area contributed by atoms with E-state index in [1.54, 1.807) is 6.07 Å². The maximum absolute atomic E-state index is 9.58. The third kappa shape index (κ3) is 3.91. The molecule has 49 heavy (non-hydrogen) atoms. The third-order valence-corrected chi connectivity index (χ3v) is 9.75. The summed E-state index contributed by atoms with van der Waals surface area (Å²) in [4.78, 5) is 0. The molecule has 0 unspecified atom stereocenters. The Morgan fingerprint density at radius 2 is 1.00 bits per heavy atom. The second-order valence-corrected chi connectivity index (χ2v) is 12.4. The Hall–Kier alpha value is -7.08. The topological polar surface area (TPSA) is 70.6 Å². The molecule has 0 fully saturated rings. The van der Waals surface area contributed by atoms with Crippen LogP contribution in [0.4, 0.5) is 0 Å². The molecule has 0 aliphatic carbocycles. The Morgan fingerprint density at radius 1 is 0.429 bits per heavy atom. The first-order chi connectivity index (χ1) is 24.2. The summed E-state index contributed by atoms with van der Waals surface area (Å²) in [6.07, 6.45) is 0. The quantitative estimate of drug-likeness (QED) is 0.196. The standard InChI is InChI=1S/C44H24N4O/c45-25-27-15-18-40-36(21-27)33-11-1-3-13-38(33)47(40)31-9-5-7-29(23-31)30-8-6-10-32(24-30)48-39-14-4-2-12-35(39)43-41(48)19-17-34-37-22-28(26-46)16-20-42(37)49-44(34)43/h1-24H. The molecular weight excluding hydrogens is 601 g/mol. The van der Waals surface area contributed by atoms with Crippen molar-refractivity contribution >= 4 is 65.6 Å². The van der Waals surface area contributed by atoms with Crippen molar-refractivity contribution in [2.45, 2.75) is 0 Å². The van der Waals surface area contributed by atoms with Gasteiger partial charge in [0.1, 0.15) is 11.2 Å². The number of fused-ring (bicyclic) bond motifs is 10. The van der Waals surface area contributed by atoms with Crippen LogP contribution in [0, 0.1) is 22.7 Å². The van der Waals surface area contributed by atoms with Crippen LogP contribution in [-0.2, 0) is 0 Å². The maximum Gasteiger partial charge on any atom is 0.145 e. The molecule has 3 heterocycles. The second-order valence-electron chi connectivity index (χ2n) is 12.4. The summed E-state index contributed by atoms with van der Waals surface area (Å²) < 4.78 is 11.1. The molecule has 5 heteroatoms. The van der Waals surface area contributed by atoms with Crippen molar-refractivity contribution in [2.75, 3.05) is 0 Å². The monoisotopic (exact) mass is 624 g/mol. The molecule has 3 aromatic heterocycles.